The fourth-order valence-electron chi connectivity index (χ4n) is 1.44. The summed E-state index contributed by atoms with van der Waals surface area (Å²) in [4.78, 5) is 26.5. The monoisotopic (exact) mass is 249 g/mol. The van der Waals surface area contributed by atoms with E-state index in [0.29, 0.717) is 6.54 Å². The maximum atomic E-state index is 11.6. The van der Waals surface area contributed by atoms with Gasteiger partial charge in [0.1, 0.15) is 6.29 Å². The van der Waals surface area contributed by atoms with Gasteiger partial charge in [-0.2, -0.15) is 0 Å². The number of aldehydes is 1. The van der Waals surface area contributed by atoms with Crippen LogP contribution in [-0.4, -0.2) is 23.3 Å². The highest BCUT2D eigenvalue weighted by Crippen LogP contribution is 2.05. The Morgan fingerprint density at radius 1 is 1.50 bits per heavy atom. The van der Waals surface area contributed by atoms with Crippen LogP contribution < -0.4 is 10.6 Å². The van der Waals surface area contributed by atoms with Crippen molar-refractivity contribution in [3.05, 3.63) is 30.1 Å². The standard InChI is InChI=1S/C13H19N3O2/c1-3-10(2)12(9-17)16-13(18)15-8-11-6-4-5-7-14-11/h4-7,9-10,12H,3,8H2,1-2H3,(H2,15,16,18). The Labute approximate surface area is 107 Å². The topological polar surface area (TPSA) is 71.1 Å². The summed E-state index contributed by atoms with van der Waals surface area (Å²) in [6, 6.07) is 4.70. The number of carbonyl (C=O) groups excluding carboxylic acids is 2. The van der Waals surface area contributed by atoms with Crippen molar-refractivity contribution in [3.8, 4) is 0 Å². The van der Waals surface area contributed by atoms with Crippen molar-refractivity contribution < 1.29 is 9.59 Å². The maximum Gasteiger partial charge on any atom is 0.315 e. The minimum absolute atomic E-state index is 0.128. The van der Waals surface area contributed by atoms with Crippen LogP contribution in [0.25, 0.3) is 0 Å². The summed E-state index contributed by atoms with van der Waals surface area (Å²) in [5.74, 6) is 0.128. The van der Waals surface area contributed by atoms with Gasteiger partial charge in [-0.3, -0.25) is 4.98 Å². The molecule has 1 heterocycles. The van der Waals surface area contributed by atoms with Crippen LogP contribution in [-0.2, 0) is 11.3 Å². The Morgan fingerprint density at radius 3 is 2.83 bits per heavy atom. The Balaban J connectivity index is 2.39. The van der Waals surface area contributed by atoms with Crippen LogP contribution in [0.15, 0.2) is 24.4 Å². The average Bonchev–Trinajstić information content (AvgIpc) is 2.42. The predicted molar refractivity (Wildman–Crippen MR) is 68.9 cm³/mol. The zero-order valence-corrected chi connectivity index (χ0v) is 10.7. The van der Waals surface area contributed by atoms with Crippen molar-refractivity contribution in [1.29, 1.82) is 0 Å². The van der Waals surface area contributed by atoms with Gasteiger partial charge in [-0.15, -0.1) is 0 Å². The van der Waals surface area contributed by atoms with Gasteiger partial charge < -0.3 is 15.4 Å². The van der Waals surface area contributed by atoms with Crippen LogP contribution in [0.1, 0.15) is 26.0 Å². The number of hydrogen-bond acceptors (Lipinski definition) is 3. The van der Waals surface area contributed by atoms with Crippen LogP contribution in [0.5, 0.6) is 0 Å². The highest BCUT2D eigenvalue weighted by Gasteiger charge is 2.16. The zero-order valence-electron chi connectivity index (χ0n) is 10.7. The predicted octanol–water partition coefficient (Wildman–Crippen LogP) is 1.49. The van der Waals surface area contributed by atoms with E-state index in [1.807, 2.05) is 32.0 Å². The third-order valence-electron chi connectivity index (χ3n) is 2.86. The molecular weight excluding hydrogens is 230 g/mol. The second-order valence-electron chi connectivity index (χ2n) is 4.20. The minimum Gasteiger partial charge on any atom is -0.332 e. The van der Waals surface area contributed by atoms with Gasteiger partial charge in [-0.25, -0.2) is 4.79 Å². The lowest BCUT2D eigenvalue weighted by Crippen LogP contribution is -2.45. The van der Waals surface area contributed by atoms with Crippen LogP contribution in [0.3, 0.4) is 0 Å². The normalized spacial score (nSPS) is 13.4. The zero-order chi connectivity index (χ0) is 13.4. The second kappa shape index (κ2) is 7.42. The number of pyridine rings is 1. The second-order valence-corrected chi connectivity index (χ2v) is 4.20. The van der Waals surface area contributed by atoms with Gasteiger partial charge in [0.05, 0.1) is 18.3 Å². The Kier molecular flexibility index (Phi) is 5.84. The first kappa shape index (κ1) is 14.2. The molecule has 2 unspecified atom stereocenters. The van der Waals surface area contributed by atoms with Crippen molar-refractivity contribution >= 4 is 12.3 Å². The first-order valence-electron chi connectivity index (χ1n) is 6.07. The van der Waals surface area contributed by atoms with Crippen LogP contribution >= 0.6 is 0 Å². The average molecular weight is 249 g/mol. The van der Waals surface area contributed by atoms with Crippen molar-refractivity contribution in [2.24, 2.45) is 5.92 Å². The molecule has 0 aliphatic carbocycles. The Bertz CT molecular complexity index is 381. The molecule has 2 atom stereocenters. The number of hydrogen-bond donors (Lipinski definition) is 2. The molecule has 0 saturated carbocycles. The quantitative estimate of drug-likeness (QED) is 0.750. The molecule has 98 valence electrons. The Hall–Kier alpha value is -1.91. The molecule has 1 rings (SSSR count). The lowest BCUT2D eigenvalue weighted by molar-refractivity contribution is -0.110. The van der Waals surface area contributed by atoms with E-state index in [4.69, 9.17) is 0 Å². The molecule has 1 aromatic rings. The van der Waals surface area contributed by atoms with Gasteiger partial charge in [-0.1, -0.05) is 26.3 Å². The maximum absolute atomic E-state index is 11.6. The van der Waals surface area contributed by atoms with Crippen molar-refractivity contribution in [1.82, 2.24) is 15.6 Å². The van der Waals surface area contributed by atoms with Crippen LogP contribution in [0, 0.1) is 5.92 Å². The SMILES string of the molecule is CCC(C)C(C=O)NC(=O)NCc1ccccn1. The summed E-state index contributed by atoms with van der Waals surface area (Å²) in [6.45, 7) is 4.26. The third-order valence-corrected chi connectivity index (χ3v) is 2.86. The molecule has 0 bridgehead atoms. The molecule has 0 saturated heterocycles. The number of amides is 2. The number of nitrogens with one attached hydrogen (secondary N) is 2. The van der Waals surface area contributed by atoms with Gasteiger partial charge in [0.2, 0.25) is 0 Å². The van der Waals surface area contributed by atoms with Gasteiger partial charge in [0.25, 0.3) is 0 Å². The number of rotatable bonds is 6. The van der Waals surface area contributed by atoms with E-state index in [9.17, 15) is 9.59 Å². The number of carbonyl (C=O) groups is 2. The fraction of sp³-hybridized carbons (Fsp3) is 0.462. The molecular formula is C13H19N3O2. The molecule has 0 aliphatic heterocycles. The first-order valence-corrected chi connectivity index (χ1v) is 6.07. The molecule has 2 N–H and O–H groups in total. The summed E-state index contributed by atoms with van der Waals surface area (Å²) < 4.78 is 0. The summed E-state index contributed by atoms with van der Waals surface area (Å²) >= 11 is 0. The van der Waals surface area contributed by atoms with E-state index in [-0.39, 0.29) is 11.9 Å². The third kappa shape index (κ3) is 4.53. The first-order chi connectivity index (χ1) is 8.67. The number of urea groups is 1. The van der Waals surface area contributed by atoms with Crippen LogP contribution in [0.4, 0.5) is 4.79 Å². The molecule has 5 heteroatoms. The number of aromatic nitrogens is 1. The van der Waals surface area contributed by atoms with E-state index in [1.54, 1.807) is 6.20 Å². The summed E-state index contributed by atoms with van der Waals surface area (Å²) in [5, 5.41) is 5.31. The smallest absolute Gasteiger partial charge is 0.315 e. The van der Waals surface area contributed by atoms with Crippen molar-refractivity contribution in [3.63, 3.8) is 0 Å². The summed E-state index contributed by atoms with van der Waals surface area (Å²) in [5.41, 5.74) is 0.777. The number of nitrogens with zero attached hydrogens (tertiary/aromatic N) is 1. The Morgan fingerprint density at radius 2 is 2.28 bits per heavy atom. The van der Waals surface area contributed by atoms with E-state index in [0.717, 1.165) is 18.4 Å². The van der Waals surface area contributed by atoms with Crippen LogP contribution in [0.2, 0.25) is 0 Å². The molecule has 2 amide bonds. The minimum atomic E-state index is -0.446. The van der Waals surface area contributed by atoms with E-state index >= 15 is 0 Å². The van der Waals surface area contributed by atoms with E-state index < -0.39 is 6.04 Å². The van der Waals surface area contributed by atoms with Crippen molar-refractivity contribution in [2.45, 2.75) is 32.9 Å². The molecule has 5 nitrogen and oxygen atoms in total. The molecule has 1 aromatic heterocycles. The van der Waals surface area contributed by atoms with Gasteiger partial charge in [-0.05, 0) is 18.1 Å². The van der Waals surface area contributed by atoms with E-state index in [2.05, 4.69) is 15.6 Å². The van der Waals surface area contributed by atoms with Gasteiger partial charge in [0.15, 0.2) is 0 Å². The molecule has 0 aromatic carbocycles. The highest BCUT2D eigenvalue weighted by atomic mass is 16.2. The molecule has 0 fully saturated rings. The molecule has 18 heavy (non-hydrogen) atoms. The summed E-state index contributed by atoms with van der Waals surface area (Å²) in [7, 11) is 0. The van der Waals surface area contributed by atoms with Gasteiger partial charge >= 0.3 is 6.03 Å². The van der Waals surface area contributed by atoms with E-state index in [1.165, 1.54) is 0 Å². The fourth-order valence-corrected chi connectivity index (χ4v) is 1.44. The molecule has 0 aliphatic rings. The van der Waals surface area contributed by atoms with Gasteiger partial charge in [0, 0.05) is 6.20 Å². The lowest BCUT2D eigenvalue weighted by atomic mass is 10.0. The van der Waals surface area contributed by atoms with Crippen molar-refractivity contribution in [2.75, 3.05) is 0 Å². The largest absolute Gasteiger partial charge is 0.332 e. The highest BCUT2D eigenvalue weighted by molar-refractivity contribution is 5.78. The summed E-state index contributed by atoms with van der Waals surface area (Å²) in [6.07, 6.45) is 3.28. The molecule has 0 radical (unpaired) electrons. The molecule has 0 spiro atoms. The lowest BCUT2D eigenvalue weighted by Gasteiger charge is -2.18.